The molecule has 1 aliphatic heterocycles. The molecule has 0 aliphatic carbocycles. The number of halogens is 1. The maximum Gasteiger partial charge on any atom is 0.255 e. The molecule has 1 heterocycles. The second-order valence-electron chi connectivity index (χ2n) is 7.83. The summed E-state index contributed by atoms with van der Waals surface area (Å²) in [5.41, 5.74) is 6.75. The number of hydrogen-bond acceptors (Lipinski definition) is 5. The van der Waals surface area contributed by atoms with Gasteiger partial charge in [0.1, 0.15) is 10.7 Å². The van der Waals surface area contributed by atoms with Crippen molar-refractivity contribution in [2.45, 2.75) is 38.0 Å². The number of rotatable bonds is 8. The largest absolute Gasteiger partial charge is 0.370 e. The van der Waals surface area contributed by atoms with Crippen molar-refractivity contribution < 1.29 is 22.4 Å². The highest BCUT2D eigenvalue weighted by molar-refractivity contribution is 7.89. The van der Waals surface area contributed by atoms with Crippen molar-refractivity contribution in [3.05, 3.63) is 53.3 Å². The van der Waals surface area contributed by atoms with Crippen molar-refractivity contribution in [2.75, 3.05) is 36.4 Å². The SMILES string of the molecule is CCN(CC)S(=O)(=O)c1cc(C(=O)Nc2cc(C(N)=O)ccc2N2CCCCC2)ccc1F. The number of benzene rings is 2. The maximum absolute atomic E-state index is 14.4. The van der Waals surface area contributed by atoms with Crippen LogP contribution in [0.25, 0.3) is 0 Å². The van der Waals surface area contributed by atoms with E-state index in [0.717, 1.165) is 54.5 Å². The number of nitrogens with zero attached hydrogens (tertiary/aromatic N) is 2. The van der Waals surface area contributed by atoms with Crippen LogP contribution in [0.5, 0.6) is 0 Å². The van der Waals surface area contributed by atoms with Gasteiger partial charge >= 0.3 is 0 Å². The molecule has 178 valence electrons. The molecule has 10 heteroatoms. The summed E-state index contributed by atoms with van der Waals surface area (Å²) < 4.78 is 41.2. The first-order valence-corrected chi connectivity index (χ1v) is 12.4. The molecule has 0 aromatic heterocycles. The number of anilines is 2. The Labute approximate surface area is 193 Å². The van der Waals surface area contributed by atoms with E-state index in [1.165, 1.54) is 12.1 Å². The number of hydrogen-bond donors (Lipinski definition) is 2. The number of primary amides is 1. The molecular weight excluding hydrogens is 447 g/mol. The Morgan fingerprint density at radius 1 is 1.03 bits per heavy atom. The Morgan fingerprint density at radius 2 is 1.67 bits per heavy atom. The van der Waals surface area contributed by atoms with Crippen molar-refractivity contribution in [2.24, 2.45) is 5.73 Å². The number of sulfonamides is 1. The fourth-order valence-corrected chi connectivity index (χ4v) is 5.49. The lowest BCUT2D eigenvalue weighted by Crippen LogP contribution is -2.31. The third kappa shape index (κ3) is 5.33. The highest BCUT2D eigenvalue weighted by atomic mass is 32.2. The average molecular weight is 477 g/mol. The van der Waals surface area contributed by atoms with Gasteiger partial charge in [-0.25, -0.2) is 12.8 Å². The minimum absolute atomic E-state index is 0.0174. The fourth-order valence-electron chi connectivity index (χ4n) is 3.94. The second kappa shape index (κ2) is 10.3. The van der Waals surface area contributed by atoms with E-state index >= 15 is 0 Å². The molecule has 0 spiro atoms. The molecule has 2 aromatic rings. The smallest absolute Gasteiger partial charge is 0.255 e. The van der Waals surface area contributed by atoms with E-state index in [-0.39, 0.29) is 24.2 Å². The van der Waals surface area contributed by atoms with Crippen molar-refractivity contribution in [1.82, 2.24) is 4.31 Å². The molecule has 2 aromatic carbocycles. The van der Waals surface area contributed by atoms with Crippen LogP contribution in [0.3, 0.4) is 0 Å². The second-order valence-corrected chi connectivity index (χ2v) is 9.74. The monoisotopic (exact) mass is 476 g/mol. The Balaban J connectivity index is 1.97. The highest BCUT2D eigenvalue weighted by Crippen LogP contribution is 2.30. The molecule has 3 N–H and O–H groups in total. The van der Waals surface area contributed by atoms with Crippen molar-refractivity contribution in [3.63, 3.8) is 0 Å². The van der Waals surface area contributed by atoms with Crippen LogP contribution >= 0.6 is 0 Å². The zero-order valence-electron chi connectivity index (χ0n) is 18.8. The normalized spacial score (nSPS) is 14.4. The predicted octanol–water partition coefficient (Wildman–Crippen LogP) is 3.20. The maximum atomic E-state index is 14.4. The lowest BCUT2D eigenvalue weighted by molar-refractivity contribution is 0.0996. The molecule has 1 saturated heterocycles. The zero-order chi connectivity index (χ0) is 24.2. The summed E-state index contributed by atoms with van der Waals surface area (Å²) in [4.78, 5) is 26.3. The summed E-state index contributed by atoms with van der Waals surface area (Å²) in [7, 11) is -4.10. The van der Waals surface area contributed by atoms with Crippen LogP contribution in [0.4, 0.5) is 15.8 Å². The lowest BCUT2D eigenvalue weighted by Gasteiger charge is -2.30. The van der Waals surface area contributed by atoms with Gasteiger partial charge in [0, 0.05) is 37.3 Å². The summed E-state index contributed by atoms with van der Waals surface area (Å²) in [5.74, 6) is -2.18. The number of carbonyl (C=O) groups is 2. The van der Waals surface area contributed by atoms with Crippen molar-refractivity contribution >= 4 is 33.2 Å². The van der Waals surface area contributed by atoms with Crippen LogP contribution < -0.4 is 16.0 Å². The lowest BCUT2D eigenvalue weighted by atomic mass is 10.1. The molecule has 0 unspecified atom stereocenters. The third-order valence-corrected chi connectivity index (χ3v) is 7.81. The summed E-state index contributed by atoms with van der Waals surface area (Å²) in [6.45, 7) is 5.28. The van der Waals surface area contributed by atoms with E-state index in [4.69, 9.17) is 5.73 Å². The molecule has 3 rings (SSSR count). The van der Waals surface area contributed by atoms with Gasteiger partial charge in [-0.2, -0.15) is 4.31 Å². The van der Waals surface area contributed by atoms with Gasteiger partial charge in [-0.05, 0) is 55.7 Å². The van der Waals surface area contributed by atoms with E-state index in [0.29, 0.717) is 5.69 Å². The number of nitrogens with one attached hydrogen (secondary N) is 1. The molecule has 0 bridgehead atoms. The Morgan fingerprint density at radius 3 is 2.27 bits per heavy atom. The number of nitrogens with two attached hydrogens (primary N) is 1. The molecule has 1 aliphatic rings. The van der Waals surface area contributed by atoms with Crippen molar-refractivity contribution in [3.8, 4) is 0 Å². The Kier molecular flexibility index (Phi) is 7.70. The van der Waals surface area contributed by atoms with Crippen LogP contribution in [-0.4, -0.2) is 50.7 Å². The minimum Gasteiger partial charge on any atom is -0.370 e. The fraction of sp³-hybridized carbons (Fsp3) is 0.391. The van der Waals surface area contributed by atoms with E-state index in [1.54, 1.807) is 26.0 Å². The molecule has 0 radical (unpaired) electrons. The van der Waals surface area contributed by atoms with Crippen LogP contribution in [0.15, 0.2) is 41.3 Å². The van der Waals surface area contributed by atoms with Crippen LogP contribution in [-0.2, 0) is 10.0 Å². The van der Waals surface area contributed by atoms with Gasteiger partial charge in [-0.15, -0.1) is 0 Å². The van der Waals surface area contributed by atoms with Crippen LogP contribution in [0.1, 0.15) is 53.8 Å². The Bertz CT molecular complexity index is 1140. The summed E-state index contributed by atoms with van der Waals surface area (Å²) in [5, 5.41) is 2.76. The zero-order valence-corrected chi connectivity index (χ0v) is 19.6. The van der Waals surface area contributed by atoms with Gasteiger partial charge in [0.15, 0.2) is 0 Å². The topological polar surface area (TPSA) is 113 Å². The van der Waals surface area contributed by atoms with E-state index in [9.17, 15) is 22.4 Å². The molecule has 33 heavy (non-hydrogen) atoms. The first-order chi connectivity index (χ1) is 15.7. The molecule has 2 amide bonds. The van der Waals surface area contributed by atoms with Gasteiger partial charge in [0.05, 0.1) is 11.4 Å². The van der Waals surface area contributed by atoms with E-state index in [2.05, 4.69) is 10.2 Å². The molecule has 1 fully saturated rings. The predicted molar refractivity (Wildman–Crippen MR) is 125 cm³/mol. The van der Waals surface area contributed by atoms with Gasteiger partial charge in [-0.3, -0.25) is 9.59 Å². The van der Waals surface area contributed by atoms with Crippen molar-refractivity contribution in [1.29, 1.82) is 0 Å². The quantitative estimate of drug-likeness (QED) is 0.608. The first kappa shape index (κ1) is 24.7. The molecule has 0 atom stereocenters. The summed E-state index contributed by atoms with van der Waals surface area (Å²) >= 11 is 0. The number of carbonyl (C=O) groups excluding carboxylic acids is 2. The van der Waals surface area contributed by atoms with Crippen LogP contribution in [0.2, 0.25) is 0 Å². The van der Waals surface area contributed by atoms with Gasteiger partial charge in [0.25, 0.3) is 5.91 Å². The molecular formula is C23H29FN4O4S. The van der Waals surface area contributed by atoms with Gasteiger partial charge in [0.2, 0.25) is 15.9 Å². The van der Waals surface area contributed by atoms with Gasteiger partial charge in [-0.1, -0.05) is 13.8 Å². The third-order valence-electron chi connectivity index (χ3n) is 5.74. The standard InChI is InChI=1S/C23H29FN4O4S/c1-3-28(4-2)33(31,32)21-15-17(8-10-18(21)24)23(30)26-19-14-16(22(25)29)9-11-20(19)27-12-6-5-7-13-27/h8-11,14-15H,3-7,12-13H2,1-2H3,(H2,25,29)(H,26,30). The molecule has 0 saturated carbocycles. The summed E-state index contributed by atoms with van der Waals surface area (Å²) in [6.07, 6.45) is 3.14. The van der Waals surface area contributed by atoms with Gasteiger partial charge < -0.3 is 16.0 Å². The highest BCUT2D eigenvalue weighted by Gasteiger charge is 2.27. The Hall–Kier alpha value is -2.98. The van der Waals surface area contributed by atoms with E-state index < -0.39 is 32.6 Å². The van der Waals surface area contributed by atoms with Crippen LogP contribution in [0, 0.1) is 5.82 Å². The number of piperidine rings is 1. The number of amides is 2. The summed E-state index contributed by atoms with van der Waals surface area (Å²) in [6, 6.07) is 8.08. The minimum atomic E-state index is -4.10. The van der Waals surface area contributed by atoms with E-state index in [1.807, 2.05) is 0 Å². The molecule has 8 nitrogen and oxygen atoms in total. The average Bonchev–Trinajstić information content (AvgIpc) is 2.80. The first-order valence-electron chi connectivity index (χ1n) is 11.0.